The summed E-state index contributed by atoms with van der Waals surface area (Å²) in [6.45, 7) is 0.290. The fourth-order valence-electron chi connectivity index (χ4n) is 3.33. The summed E-state index contributed by atoms with van der Waals surface area (Å²) in [7, 11) is 4.81. The molecule has 0 saturated heterocycles. The molecule has 4 aromatic rings. The smallest absolute Gasteiger partial charge is 0.240 e. The third-order valence-corrected chi connectivity index (χ3v) is 4.91. The summed E-state index contributed by atoms with van der Waals surface area (Å²) < 4.78 is 23.5. The first kappa shape index (κ1) is 21.9. The Balaban J connectivity index is 1.57. The van der Waals surface area contributed by atoms with Gasteiger partial charge in [-0.2, -0.15) is 9.67 Å². The van der Waals surface area contributed by atoms with Crippen LogP contribution in [0.15, 0.2) is 54.9 Å². The molecule has 2 aromatic heterocycles. The maximum absolute atomic E-state index is 5.90. The average molecular weight is 448 g/mol. The van der Waals surface area contributed by atoms with E-state index in [2.05, 4.69) is 20.1 Å². The highest BCUT2D eigenvalue weighted by molar-refractivity contribution is 5.44. The number of benzene rings is 2. The molecule has 0 aliphatic heterocycles. The van der Waals surface area contributed by atoms with E-state index in [1.165, 1.54) is 6.33 Å². The minimum atomic E-state index is 0.139. The van der Waals surface area contributed by atoms with Crippen LogP contribution in [0.3, 0.4) is 0 Å². The van der Waals surface area contributed by atoms with E-state index in [9.17, 15) is 0 Å². The van der Waals surface area contributed by atoms with Crippen LogP contribution in [0.4, 0.5) is 5.95 Å². The second-order valence-corrected chi connectivity index (χ2v) is 6.98. The third kappa shape index (κ3) is 4.95. The molecule has 170 valence electrons. The number of hydrogen-bond donors (Lipinski definition) is 1. The molecule has 0 atom stereocenters. The normalized spacial score (nSPS) is 10.6. The van der Waals surface area contributed by atoms with E-state index in [0.29, 0.717) is 42.0 Å². The third-order valence-electron chi connectivity index (χ3n) is 4.91. The predicted molar refractivity (Wildman–Crippen MR) is 121 cm³/mol. The molecule has 2 N–H and O–H groups in total. The van der Waals surface area contributed by atoms with Crippen LogP contribution < -0.4 is 24.7 Å². The van der Waals surface area contributed by atoms with Gasteiger partial charge in [0.25, 0.3) is 0 Å². The van der Waals surface area contributed by atoms with E-state index < -0.39 is 0 Å². The summed E-state index contributed by atoms with van der Waals surface area (Å²) >= 11 is 0. The quantitative estimate of drug-likeness (QED) is 0.412. The Morgan fingerprint density at radius 1 is 0.879 bits per heavy atom. The summed E-state index contributed by atoms with van der Waals surface area (Å²) in [4.78, 5) is 12.9. The standard InChI is InChI=1S/C23H24N6O4/c1-30-17-7-5-4-6-16(17)13-33-22-12-20(25-14-26-22)29-21(27-23(24)28-29)11-15-8-9-18(31-2)19(10-15)32-3/h4-10,12,14H,11,13H2,1-3H3,(H2,24,28). The Morgan fingerprint density at radius 3 is 2.45 bits per heavy atom. The first-order valence-electron chi connectivity index (χ1n) is 10.1. The van der Waals surface area contributed by atoms with Crippen LogP contribution in [0, 0.1) is 0 Å². The molecule has 0 radical (unpaired) electrons. The molecule has 2 aromatic carbocycles. The number of methoxy groups -OCH3 is 3. The number of nitrogens with two attached hydrogens (primary N) is 1. The number of para-hydroxylation sites is 1. The van der Waals surface area contributed by atoms with Crippen molar-refractivity contribution in [3.8, 4) is 28.9 Å². The molecule has 0 amide bonds. The highest BCUT2D eigenvalue weighted by Crippen LogP contribution is 2.28. The lowest BCUT2D eigenvalue weighted by Crippen LogP contribution is -2.08. The first-order chi connectivity index (χ1) is 16.1. The molecule has 0 saturated carbocycles. The van der Waals surface area contributed by atoms with Gasteiger partial charge >= 0.3 is 0 Å². The summed E-state index contributed by atoms with van der Waals surface area (Å²) in [6.07, 6.45) is 1.86. The van der Waals surface area contributed by atoms with Crippen LogP contribution in [-0.4, -0.2) is 46.1 Å². The fourth-order valence-corrected chi connectivity index (χ4v) is 3.33. The Hall–Kier alpha value is -4.34. The average Bonchev–Trinajstić information content (AvgIpc) is 3.22. The molecule has 2 heterocycles. The van der Waals surface area contributed by atoms with Gasteiger partial charge < -0.3 is 24.7 Å². The molecule has 0 bridgehead atoms. The van der Waals surface area contributed by atoms with Crippen molar-refractivity contribution in [2.24, 2.45) is 0 Å². The van der Waals surface area contributed by atoms with Crippen molar-refractivity contribution >= 4 is 5.95 Å². The van der Waals surface area contributed by atoms with Crippen molar-refractivity contribution in [2.45, 2.75) is 13.0 Å². The number of hydrogen-bond acceptors (Lipinski definition) is 9. The van der Waals surface area contributed by atoms with Crippen molar-refractivity contribution in [3.63, 3.8) is 0 Å². The topological polar surface area (TPSA) is 119 Å². The SMILES string of the molecule is COc1ccccc1COc1cc(-n2nc(N)nc2Cc2ccc(OC)c(OC)c2)ncn1. The minimum Gasteiger partial charge on any atom is -0.496 e. The van der Waals surface area contributed by atoms with E-state index in [4.69, 9.17) is 24.7 Å². The van der Waals surface area contributed by atoms with Gasteiger partial charge in [-0.25, -0.2) is 9.97 Å². The zero-order valence-corrected chi connectivity index (χ0v) is 18.6. The van der Waals surface area contributed by atoms with Crippen molar-refractivity contribution in [3.05, 3.63) is 71.8 Å². The van der Waals surface area contributed by atoms with Crippen molar-refractivity contribution in [1.29, 1.82) is 0 Å². The Labute approximate surface area is 190 Å². The van der Waals surface area contributed by atoms with E-state index in [1.54, 1.807) is 32.1 Å². The maximum atomic E-state index is 5.90. The minimum absolute atomic E-state index is 0.139. The molecule has 10 nitrogen and oxygen atoms in total. The predicted octanol–water partition coefficient (Wildman–Crippen LogP) is 2.84. The molecular formula is C23H24N6O4. The fraction of sp³-hybridized carbons (Fsp3) is 0.217. The van der Waals surface area contributed by atoms with E-state index in [1.807, 2.05) is 42.5 Å². The molecule has 0 aliphatic carbocycles. The number of ether oxygens (including phenoxy) is 4. The Morgan fingerprint density at radius 2 is 1.67 bits per heavy atom. The van der Waals surface area contributed by atoms with E-state index >= 15 is 0 Å². The van der Waals surface area contributed by atoms with Crippen molar-refractivity contribution in [1.82, 2.24) is 24.7 Å². The number of aromatic nitrogens is 5. The van der Waals surface area contributed by atoms with Gasteiger partial charge in [-0.3, -0.25) is 0 Å². The van der Waals surface area contributed by atoms with Crippen LogP contribution in [0.2, 0.25) is 0 Å². The number of rotatable bonds is 9. The van der Waals surface area contributed by atoms with Gasteiger partial charge in [0.15, 0.2) is 17.3 Å². The lowest BCUT2D eigenvalue weighted by molar-refractivity contribution is 0.285. The van der Waals surface area contributed by atoms with Crippen LogP contribution in [0.25, 0.3) is 5.82 Å². The molecule has 4 rings (SSSR count). The van der Waals surface area contributed by atoms with E-state index in [0.717, 1.165) is 16.9 Å². The zero-order valence-electron chi connectivity index (χ0n) is 18.6. The molecule has 10 heteroatoms. The second kappa shape index (κ2) is 9.86. The monoisotopic (exact) mass is 448 g/mol. The number of nitrogens with zero attached hydrogens (tertiary/aromatic N) is 5. The Bertz CT molecular complexity index is 1240. The molecule has 0 spiro atoms. The van der Waals surface area contributed by atoms with Gasteiger partial charge in [0.2, 0.25) is 11.8 Å². The maximum Gasteiger partial charge on any atom is 0.240 e. The molecule has 0 aliphatic rings. The van der Waals surface area contributed by atoms with Crippen LogP contribution in [0.1, 0.15) is 17.0 Å². The van der Waals surface area contributed by atoms with Gasteiger partial charge in [0.1, 0.15) is 24.5 Å². The van der Waals surface area contributed by atoms with Crippen molar-refractivity contribution in [2.75, 3.05) is 27.1 Å². The van der Waals surface area contributed by atoms with Crippen molar-refractivity contribution < 1.29 is 18.9 Å². The first-order valence-corrected chi connectivity index (χ1v) is 10.1. The summed E-state index contributed by atoms with van der Waals surface area (Å²) in [5.74, 6) is 3.64. The molecule has 0 fully saturated rings. The largest absolute Gasteiger partial charge is 0.496 e. The van der Waals surface area contributed by atoms with Crippen LogP contribution in [-0.2, 0) is 13.0 Å². The van der Waals surface area contributed by atoms with Crippen LogP contribution >= 0.6 is 0 Å². The molecule has 0 unspecified atom stereocenters. The Kier molecular flexibility index (Phi) is 6.53. The van der Waals surface area contributed by atoms with Gasteiger partial charge in [-0.1, -0.05) is 24.3 Å². The highest BCUT2D eigenvalue weighted by Gasteiger charge is 2.15. The molecular weight excluding hydrogens is 424 g/mol. The summed E-state index contributed by atoms with van der Waals surface area (Å²) in [5.41, 5.74) is 7.75. The molecule has 33 heavy (non-hydrogen) atoms. The van der Waals surface area contributed by atoms with Gasteiger partial charge in [-0.15, -0.1) is 5.10 Å². The van der Waals surface area contributed by atoms with E-state index in [-0.39, 0.29) is 5.95 Å². The lowest BCUT2D eigenvalue weighted by Gasteiger charge is -2.11. The second-order valence-electron chi connectivity index (χ2n) is 6.98. The zero-order chi connectivity index (χ0) is 23.2. The highest BCUT2D eigenvalue weighted by atomic mass is 16.5. The summed E-state index contributed by atoms with van der Waals surface area (Å²) in [5, 5.41) is 4.30. The number of anilines is 1. The van der Waals surface area contributed by atoms with Gasteiger partial charge in [0, 0.05) is 18.1 Å². The number of nitrogen functional groups attached to an aromatic ring is 1. The lowest BCUT2D eigenvalue weighted by atomic mass is 10.1. The van der Waals surface area contributed by atoms with Crippen LogP contribution in [0.5, 0.6) is 23.1 Å². The van der Waals surface area contributed by atoms with Gasteiger partial charge in [0.05, 0.1) is 21.3 Å². The summed E-state index contributed by atoms with van der Waals surface area (Å²) in [6, 6.07) is 15.0. The van der Waals surface area contributed by atoms with Gasteiger partial charge in [-0.05, 0) is 23.8 Å².